The van der Waals surface area contributed by atoms with Gasteiger partial charge < -0.3 is 5.32 Å². The molecular formula is C19H22F3N3. The van der Waals surface area contributed by atoms with E-state index >= 15 is 0 Å². The normalized spacial score (nSPS) is 16.5. The van der Waals surface area contributed by atoms with E-state index in [2.05, 4.69) is 21.4 Å². The van der Waals surface area contributed by atoms with Crippen LogP contribution in [0.5, 0.6) is 0 Å². The number of hydrogen-bond donors (Lipinski definition) is 1. The van der Waals surface area contributed by atoms with Crippen LogP contribution in [-0.2, 0) is 6.18 Å². The van der Waals surface area contributed by atoms with E-state index in [0.29, 0.717) is 5.92 Å². The van der Waals surface area contributed by atoms with Crippen molar-refractivity contribution in [3.05, 3.63) is 47.3 Å². The molecule has 3 nitrogen and oxygen atoms in total. The van der Waals surface area contributed by atoms with Gasteiger partial charge in [0.2, 0.25) is 5.95 Å². The van der Waals surface area contributed by atoms with Crippen molar-refractivity contribution < 1.29 is 13.2 Å². The van der Waals surface area contributed by atoms with Gasteiger partial charge in [0, 0.05) is 11.9 Å². The SMILES string of the molecule is Cc1cc(Nc2nccc(C(F)(F)F)n2)cc(C2CCCCCC2)c1. The van der Waals surface area contributed by atoms with Gasteiger partial charge in [-0.3, -0.25) is 0 Å². The van der Waals surface area contributed by atoms with E-state index in [0.717, 1.165) is 23.5 Å². The van der Waals surface area contributed by atoms with Gasteiger partial charge in [0.15, 0.2) is 0 Å². The summed E-state index contributed by atoms with van der Waals surface area (Å²) < 4.78 is 38.4. The lowest BCUT2D eigenvalue weighted by Gasteiger charge is -2.17. The van der Waals surface area contributed by atoms with E-state index in [4.69, 9.17) is 0 Å². The standard InChI is InChI=1S/C19H22F3N3/c1-13-10-15(14-6-4-2-3-5-7-14)12-16(11-13)24-18-23-9-8-17(25-18)19(20,21)22/h8-12,14H,2-7H2,1H3,(H,23,24,25). The van der Waals surface area contributed by atoms with Crippen LogP contribution < -0.4 is 5.32 Å². The zero-order valence-corrected chi connectivity index (χ0v) is 14.2. The maximum atomic E-state index is 12.8. The van der Waals surface area contributed by atoms with Crippen LogP contribution >= 0.6 is 0 Å². The van der Waals surface area contributed by atoms with Crippen LogP contribution in [0.25, 0.3) is 0 Å². The predicted molar refractivity (Wildman–Crippen MR) is 91.9 cm³/mol. The van der Waals surface area contributed by atoms with Crippen molar-refractivity contribution in [3.8, 4) is 0 Å². The zero-order chi connectivity index (χ0) is 17.9. The molecule has 0 aliphatic heterocycles. The highest BCUT2D eigenvalue weighted by Crippen LogP contribution is 2.34. The number of aromatic nitrogens is 2. The van der Waals surface area contributed by atoms with Crippen LogP contribution in [0.4, 0.5) is 24.8 Å². The van der Waals surface area contributed by atoms with Gasteiger partial charge in [-0.05, 0) is 55.0 Å². The van der Waals surface area contributed by atoms with Crippen LogP contribution in [0.1, 0.15) is 61.3 Å². The lowest BCUT2D eigenvalue weighted by Crippen LogP contribution is -2.10. The highest BCUT2D eigenvalue weighted by Gasteiger charge is 2.32. The number of rotatable bonds is 3. The third kappa shape index (κ3) is 4.71. The first-order valence-electron chi connectivity index (χ1n) is 8.71. The molecule has 1 aromatic heterocycles. The van der Waals surface area contributed by atoms with Crippen molar-refractivity contribution in [2.24, 2.45) is 0 Å². The molecular weight excluding hydrogens is 327 g/mol. The van der Waals surface area contributed by atoms with Gasteiger partial charge in [0.05, 0.1) is 0 Å². The van der Waals surface area contributed by atoms with Gasteiger partial charge in [-0.25, -0.2) is 9.97 Å². The minimum Gasteiger partial charge on any atom is -0.324 e. The Labute approximate surface area is 145 Å². The minimum absolute atomic E-state index is 0.0350. The van der Waals surface area contributed by atoms with Gasteiger partial charge >= 0.3 is 6.18 Å². The van der Waals surface area contributed by atoms with E-state index in [1.165, 1.54) is 44.1 Å². The largest absolute Gasteiger partial charge is 0.433 e. The maximum Gasteiger partial charge on any atom is 0.433 e. The Balaban J connectivity index is 1.83. The summed E-state index contributed by atoms with van der Waals surface area (Å²) in [5.74, 6) is 0.484. The number of nitrogens with zero attached hydrogens (tertiary/aromatic N) is 2. The second-order valence-electron chi connectivity index (χ2n) is 6.71. The summed E-state index contributed by atoms with van der Waals surface area (Å²) in [5, 5.41) is 2.93. The van der Waals surface area contributed by atoms with Crippen molar-refractivity contribution in [2.75, 3.05) is 5.32 Å². The number of nitrogens with one attached hydrogen (secondary N) is 1. The van der Waals surface area contributed by atoms with Crippen LogP contribution in [0.15, 0.2) is 30.5 Å². The Morgan fingerprint density at radius 1 is 1.04 bits per heavy atom. The Kier molecular flexibility index (Phi) is 5.25. The summed E-state index contributed by atoms with van der Waals surface area (Å²) >= 11 is 0. The third-order valence-electron chi connectivity index (χ3n) is 4.63. The third-order valence-corrected chi connectivity index (χ3v) is 4.63. The van der Waals surface area contributed by atoms with Gasteiger partial charge in [-0.2, -0.15) is 13.2 Å². The second-order valence-corrected chi connectivity index (χ2v) is 6.71. The molecule has 6 heteroatoms. The maximum absolute atomic E-state index is 12.8. The number of benzene rings is 1. The summed E-state index contributed by atoms with van der Waals surface area (Å²) in [7, 11) is 0. The van der Waals surface area contributed by atoms with Crippen molar-refractivity contribution in [2.45, 2.75) is 57.5 Å². The quantitative estimate of drug-likeness (QED) is 0.692. The monoisotopic (exact) mass is 349 g/mol. The van der Waals surface area contributed by atoms with E-state index in [9.17, 15) is 13.2 Å². The van der Waals surface area contributed by atoms with Crippen LogP contribution in [0, 0.1) is 6.92 Å². The number of alkyl halides is 3. The average molecular weight is 349 g/mol. The summed E-state index contributed by atoms with van der Waals surface area (Å²) in [5.41, 5.74) is 2.12. The van der Waals surface area contributed by atoms with E-state index in [-0.39, 0.29) is 5.95 Å². The van der Waals surface area contributed by atoms with Gasteiger partial charge in [-0.1, -0.05) is 31.7 Å². The first kappa shape index (κ1) is 17.7. The molecule has 1 aliphatic carbocycles. The summed E-state index contributed by atoms with van der Waals surface area (Å²) in [4.78, 5) is 7.49. The smallest absolute Gasteiger partial charge is 0.324 e. The Morgan fingerprint density at radius 3 is 2.44 bits per heavy atom. The van der Waals surface area contributed by atoms with Crippen LogP contribution in [0.3, 0.4) is 0 Å². The zero-order valence-electron chi connectivity index (χ0n) is 14.2. The molecule has 1 aliphatic rings. The lowest BCUT2D eigenvalue weighted by atomic mass is 9.90. The number of hydrogen-bond acceptors (Lipinski definition) is 3. The first-order valence-corrected chi connectivity index (χ1v) is 8.71. The van der Waals surface area contributed by atoms with Crippen LogP contribution in [-0.4, -0.2) is 9.97 Å². The Bertz CT molecular complexity index is 720. The highest BCUT2D eigenvalue weighted by atomic mass is 19.4. The average Bonchev–Trinajstić information content (AvgIpc) is 2.83. The summed E-state index contributed by atoms with van der Waals surface area (Å²) in [6, 6.07) is 6.98. The van der Waals surface area contributed by atoms with Crippen molar-refractivity contribution in [1.82, 2.24) is 9.97 Å². The Morgan fingerprint density at radius 2 is 1.76 bits per heavy atom. The van der Waals surface area contributed by atoms with Crippen molar-refractivity contribution >= 4 is 11.6 Å². The molecule has 1 saturated carbocycles. The molecule has 0 spiro atoms. The predicted octanol–water partition coefficient (Wildman–Crippen LogP) is 5.99. The number of anilines is 2. The van der Waals surface area contributed by atoms with E-state index in [1.54, 1.807) is 0 Å². The molecule has 0 unspecified atom stereocenters. The molecule has 1 heterocycles. The summed E-state index contributed by atoms with van der Waals surface area (Å²) in [6.45, 7) is 2.00. The minimum atomic E-state index is -4.47. The van der Waals surface area contributed by atoms with Gasteiger partial charge in [0.25, 0.3) is 0 Å². The Hall–Kier alpha value is -2.11. The molecule has 2 aromatic rings. The molecule has 0 atom stereocenters. The van der Waals surface area contributed by atoms with Crippen molar-refractivity contribution in [3.63, 3.8) is 0 Å². The molecule has 1 aromatic carbocycles. The second kappa shape index (κ2) is 7.42. The first-order chi connectivity index (χ1) is 11.9. The van der Waals surface area contributed by atoms with E-state index in [1.807, 2.05) is 19.1 Å². The number of halogens is 3. The molecule has 3 rings (SSSR count). The fourth-order valence-electron chi connectivity index (χ4n) is 3.44. The molecule has 1 fully saturated rings. The molecule has 0 saturated heterocycles. The molecule has 1 N–H and O–H groups in total. The molecule has 0 radical (unpaired) electrons. The topological polar surface area (TPSA) is 37.8 Å². The molecule has 134 valence electrons. The fourth-order valence-corrected chi connectivity index (χ4v) is 3.44. The highest BCUT2D eigenvalue weighted by molar-refractivity contribution is 5.56. The number of aryl methyl sites for hydroxylation is 1. The molecule has 0 bridgehead atoms. The van der Waals surface area contributed by atoms with Crippen LogP contribution in [0.2, 0.25) is 0 Å². The molecule has 25 heavy (non-hydrogen) atoms. The fraction of sp³-hybridized carbons (Fsp3) is 0.474. The van der Waals surface area contributed by atoms with Gasteiger partial charge in [0.1, 0.15) is 5.69 Å². The van der Waals surface area contributed by atoms with Crippen molar-refractivity contribution in [1.29, 1.82) is 0 Å². The van der Waals surface area contributed by atoms with Gasteiger partial charge in [-0.15, -0.1) is 0 Å². The summed E-state index contributed by atoms with van der Waals surface area (Å²) in [6.07, 6.45) is 4.02. The van der Waals surface area contributed by atoms with E-state index < -0.39 is 11.9 Å². The lowest BCUT2D eigenvalue weighted by molar-refractivity contribution is -0.141. The molecule has 0 amide bonds.